The van der Waals surface area contributed by atoms with Crippen LogP contribution in [-0.2, 0) is 14.3 Å². The molecule has 0 saturated heterocycles. The molecule has 0 aromatic carbocycles. The van der Waals surface area contributed by atoms with E-state index in [0.717, 1.165) is 18.5 Å². The van der Waals surface area contributed by atoms with Crippen LogP contribution in [0.1, 0.15) is 34.1 Å². The van der Waals surface area contributed by atoms with Crippen LogP contribution in [0.5, 0.6) is 0 Å². The second-order valence-electron chi connectivity index (χ2n) is 5.21. The van der Waals surface area contributed by atoms with E-state index in [1.54, 1.807) is 0 Å². The number of methoxy groups -OCH3 is 1. The molecule has 0 rings (SSSR count). The Labute approximate surface area is 122 Å². The summed E-state index contributed by atoms with van der Waals surface area (Å²) in [4.78, 5) is 25.7. The minimum absolute atomic E-state index is 0.0441. The second kappa shape index (κ2) is 9.53. The highest BCUT2D eigenvalue weighted by molar-refractivity contribution is 5.85. The van der Waals surface area contributed by atoms with Crippen LogP contribution in [-0.4, -0.2) is 49.6 Å². The summed E-state index contributed by atoms with van der Waals surface area (Å²) in [6, 6.07) is -0.582. The van der Waals surface area contributed by atoms with Crippen molar-refractivity contribution in [2.75, 3.05) is 26.7 Å². The van der Waals surface area contributed by atoms with Gasteiger partial charge in [-0.15, -0.1) is 0 Å². The lowest BCUT2D eigenvalue weighted by Crippen LogP contribution is -2.49. The van der Waals surface area contributed by atoms with Crippen LogP contribution in [0.25, 0.3) is 0 Å². The van der Waals surface area contributed by atoms with Gasteiger partial charge in [-0.25, -0.2) is 4.79 Å². The Morgan fingerprint density at radius 1 is 1.30 bits per heavy atom. The van der Waals surface area contributed by atoms with Crippen molar-refractivity contribution in [2.45, 2.75) is 40.2 Å². The van der Waals surface area contributed by atoms with Gasteiger partial charge >= 0.3 is 5.97 Å². The largest absolute Gasteiger partial charge is 0.467 e. The van der Waals surface area contributed by atoms with Gasteiger partial charge in [-0.3, -0.25) is 9.69 Å². The van der Waals surface area contributed by atoms with Crippen LogP contribution < -0.4 is 5.32 Å². The Kier molecular flexibility index (Phi) is 8.88. The van der Waals surface area contributed by atoms with Crippen LogP contribution in [0, 0.1) is 5.92 Å². The van der Waals surface area contributed by atoms with E-state index >= 15 is 0 Å². The molecule has 1 N–H and O–H groups in total. The summed E-state index contributed by atoms with van der Waals surface area (Å²) >= 11 is 0. The van der Waals surface area contributed by atoms with Gasteiger partial charge in [0.05, 0.1) is 13.7 Å². The van der Waals surface area contributed by atoms with Gasteiger partial charge in [0.15, 0.2) is 0 Å². The molecule has 0 spiro atoms. The summed E-state index contributed by atoms with van der Waals surface area (Å²) in [7, 11) is 1.34. The molecular weight excluding hydrogens is 256 g/mol. The second-order valence-corrected chi connectivity index (χ2v) is 5.21. The fraction of sp³-hybridized carbons (Fsp3) is 0.733. The van der Waals surface area contributed by atoms with E-state index in [4.69, 9.17) is 4.74 Å². The third-order valence-electron chi connectivity index (χ3n) is 3.29. The molecule has 0 aromatic heterocycles. The standard InChI is InChI=1S/C15H28N2O3/c1-7-12(5)14(15(19)20-6)16-13(18)10-17(8-2)9-11(3)4/h12,14H,3,7-10H2,1-2,4-6H3,(H,16,18). The lowest BCUT2D eigenvalue weighted by molar-refractivity contribution is -0.146. The van der Waals surface area contributed by atoms with Crippen molar-refractivity contribution in [3.63, 3.8) is 0 Å². The van der Waals surface area contributed by atoms with Crippen molar-refractivity contribution in [3.8, 4) is 0 Å². The zero-order valence-electron chi connectivity index (χ0n) is 13.4. The Bertz CT molecular complexity index is 342. The Morgan fingerprint density at radius 2 is 1.90 bits per heavy atom. The van der Waals surface area contributed by atoms with Crippen molar-refractivity contribution in [1.82, 2.24) is 10.2 Å². The smallest absolute Gasteiger partial charge is 0.328 e. The SMILES string of the molecule is C=C(C)CN(CC)CC(=O)NC(C(=O)OC)C(C)CC. The maximum absolute atomic E-state index is 12.1. The molecule has 0 aliphatic rings. The number of hydrogen-bond acceptors (Lipinski definition) is 4. The summed E-state index contributed by atoms with van der Waals surface area (Å²) in [6.07, 6.45) is 0.795. The Hall–Kier alpha value is -1.36. The first-order valence-corrected chi connectivity index (χ1v) is 7.09. The number of ether oxygens (including phenoxy) is 1. The summed E-state index contributed by atoms with van der Waals surface area (Å²) in [5.74, 6) is -0.512. The topological polar surface area (TPSA) is 58.6 Å². The van der Waals surface area contributed by atoms with E-state index < -0.39 is 12.0 Å². The maximum Gasteiger partial charge on any atom is 0.328 e. The van der Waals surface area contributed by atoms with Gasteiger partial charge < -0.3 is 10.1 Å². The highest BCUT2D eigenvalue weighted by atomic mass is 16.5. The Balaban J connectivity index is 4.59. The predicted octanol–water partition coefficient (Wildman–Crippen LogP) is 1.59. The molecular formula is C15H28N2O3. The first kappa shape index (κ1) is 18.6. The Morgan fingerprint density at radius 3 is 2.30 bits per heavy atom. The van der Waals surface area contributed by atoms with Crippen molar-refractivity contribution < 1.29 is 14.3 Å². The van der Waals surface area contributed by atoms with Gasteiger partial charge in [0.25, 0.3) is 0 Å². The zero-order chi connectivity index (χ0) is 15.7. The third-order valence-corrected chi connectivity index (χ3v) is 3.29. The molecule has 2 unspecified atom stereocenters. The van der Waals surface area contributed by atoms with Crippen molar-refractivity contribution in [3.05, 3.63) is 12.2 Å². The summed E-state index contributed by atoms with van der Waals surface area (Å²) in [6.45, 7) is 13.4. The molecule has 0 aliphatic heterocycles. The predicted molar refractivity (Wildman–Crippen MR) is 80.3 cm³/mol. The van der Waals surface area contributed by atoms with Crippen molar-refractivity contribution in [2.24, 2.45) is 5.92 Å². The van der Waals surface area contributed by atoms with Gasteiger partial charge in [-0.1, -0.05) is 39.3 Å². The first-order valence-electron chi connectivity index (χ1n) is 7.09. The minimum Gasteiger partial charge on any atom is -0.467 e. The van der Waals surface area contributed by atoms with E-state index in [-0.39, 0.29) is 18.4 Å². The molecule has 2 atom stereocenters. The summed E-state index contributed by atoms with van der Waals surface area (Å²) in [5.41, 5.74) is 1.01. The molecule has 0 aliphatic carbocycles. The molecule has 0 fully saturated rings. The van der Waals surface area contributed by atoms with Crippen molar-refractivity contribution in [1.29, 1.82) is 0 Å². The van der Waals surface area contributed by atoms with Gasteiger partial charge in [0.2, 0.25) is 5.91 Å². The fourth-order valence-electron chi connectivity index (χ4n) is 1.88. The van der Waals surface area contributed by atoms with Gasteiger partial charge in [0.1, 0.15) is 6.04 Å². The number of likely N-dealkylation sites (N-methyl/N-ethyl adjacent to an activating group) is 1. The van der Waals surface area contributed by atoms with Crippen molar-refractivity contribution >= 4 is 11.9 Å². The van der Waals surface area contributed by atoms with Crippen LogP contribution >= 0.6 is 0 Å². The molecule has 5 heteroatoms. The zero-order valence-corrected chi connectivity index (χ0v) is 13.4. The van der Waals surface area contributed by atoms with E-state index in [0.29, 0.717) is 6.54 Å². The van der Waals surface area contributed by atoms with Gasteiger partial charge in [-0.2, -0.15) is 0 Å². The van der Waals surface area contributed by atoms with Gasteiger partial charge in [-0.05, 0) is 19.4 Å². The third kappa shape index (κ3) is 6.70. The average molecular weight is 284 g/mol. The van der Waals surface area contributed by atoms with E-state index in [1.807, 2.05) is 32.6 Å². The number of nitrogens with zero attached hydrogens (tertiary/aromatic N) is 1. The number of rotatable bonds is 9. The average Bonchev–Trinajstić information content (AvgIpc) is 2.41. The lowest BCUT2D eigenvalue weighted by atomic mass is 9.99. The summed E-state index contributed by atoms with van der Waals surface area (Å²) in [5, 5.41) is 2.77. The van der Waals surface area contributed by atoms with Crippen LogP contribution in [0.15, 0.2) is 12.2 Å². The molecule has 0 radical (unpaired) electrons. The number of nitrogens with one attached hydrogen (secondary N) is 1. The molecule has 20 heavy (non-hydrogen) atoms. The molecule has 116 valence electrons. The molecule has 0 bridgehead atoms. The normalized spacial score (nSPS) is 13.7. The van der Waals surface area contributed by atoms with Crippen LogP contribution in [0.4, 0.5) is 0 Å². The molecule has 0 aromatic rings. The maximum atomic E-state index is 12.1. The van der Waals surface area contributed by atoms with Crippen LogP contribution in [0.3, 0.4) is 0 Å². The van der Waals surface area contributed by atoms with Crippen LogP contribution in [0.2, 0.25) is 0 Å². The molecule has 0 heterocycles. The minimum atomic E-state index is -0.582. The molecule has 1 amide bonds. The highest BCUT2D eigenvalue weighted by Gasteiger charge is 2.26. The first-order chi connectivity index (χ1) is 9.35. The molecule has 0 saturated carbocycles. The summed E-state index contributed by atoms with van der Waals surface area (Å²) < 4.78 is 4.75. The van der Waals surface area contributed by atoms with E-state index in [1.165, 1.54) is 7.11 Å². The van der Waals surface area contributed by atoms with E-state index in [9.17, 15) is 9.59 Å². The number of carbonyl (C=O) groups excluding carboxylic acids is 2. The number of hydrogen-bond donors (Lipinski definition) is 1. The molecule has 5 nitrogen and oxygen atoms in total. The monoisotopic (exact) mass is 284 g/mol. The fourth-order valence-corrected chi connectivity index (χ4v) is 1.88. The lowest BCUT2D eigenvalue weighted by Gasteiger charge is -2.24. The quantitative estimate of drug-likeness (QED) is 0.516. The highest BCUT2D eigenvalue weighted by Crippen LogP contribution is 2.09. The number of carbonyl (C=O) groups is 2. The van der Waals surface area contributed by atoms with E-state index in [2.05, 4.69) is 11.9 Å². The number of amides is 1. The number of esters is 1. The van der Waals surface area contributed by atoms with Gasteiger partial charge in [0, 0.05) is 6.54 Å².